The summed E-state index contributed by atoms with van der Waals surface area (Å²) in [5, 5.41) is 10.2. The van der Waals surface area contributed by atoms with Crippen LogP contribution in [-0.2, 0) is 6.42 Å². The second-order valence-electron chi connectivity index (χ2n) is 10.7. The van der Waals surface area contributed by atoms with Crippen LogP contribution in [0.15, 0.2) is 30.3 Å². The Morgan fingerprint density at radius 2 is 1.84 bits per heavy atom. The zero-order chi connectivity index (χ0) is 27.2. The van der Waals surface area contributed by atoms with Crippen LogP contribution in [0, 0.1) is 17.5 Å². The molecule has 3 atom stereocenters. The lowest BCUT2D eigenvalue weighted by atomic mass is 9.87. The molecule has 0 unspecified atom stereocenters. The summed E-state index contributed by atoms with van der Waals surface area (Å²) in [6.45, 7) is 3.33. The predicted octanol–water partition coefficient (Wildman–Crippen LogP) is 5.06. The van der Waals surface area contributed by atoms with E-state index in [9.17, 15) is 13.9 Å². The van der Waals surface area contributed by atoms with Crippen molar-refractivity contribution in [3.8, 4) is 5.75 Å². The topological polar surface area (TPSA) is 51.7 Å². The Morgan fingerprint density at radius 3 is 2.50 bits per heavy atom. The van der Waals surface area contributed by atoms with E-state index in [1.807, 2.05) is 11.8 Å². The second-order valence-corrected chi connectivity index (χ2v) is 10.7. The molecular formula is C28H32F5N3O2. The van der Waals surface area contributed by atoms with Crippen molar-refractivity contribution in [2.75, 3.05) is 39.5 Å². The van der Waals surface area contributed by atoms with Crippen molar-refractivity contribution < 1.29 is 31.8 Å². The van der Waals surface area contributed by atoms with Gasteiger partial charge in [0.1, 0.15) is 35.0 Å². The van der Waals surface area contributed by atoms with Gasteiger partial charge in [-0.15, -0.1) is 0 Å². The average Bonchev–Trinajstić information content (AvgIpc) is 3.18. The first-order valence-corrected chi connectivity index (χ1v) is 12.9. The van der Waals surface area contributed by atoms with Gasteiger partial charge in [0.25, 0.3) is 0 Å². The molecule has 1 saturated heterocycles. The van der Waals surface area contributed by atoms with Gasteiger partial charge in [0.2, 0.25) is 0 Å². The van der Waals surface area contributed by atoms with Crippen LogP contribution in [0.5, 0.6) is 5.75 Å². The molecule has 10 heteroatoms. The normalized spacial score (nSPS) is 22.3. The van der Waals surface area contributed by atoms with Crippen LogP contribution in [0.4, 0.5) is 22.0 Å². The average molecular weight is 538 g/mol. The molecular weight excluding hydrogens is 505 g/mol. The highest BCUT2D eigenvalue weighted by Gasteiger charge is 2.42. The van der Waals surface area contributed by atoms with Crippen LogP contribution >= 0.6 is 0 Å². The van der Waals surface area contributed by atoms with Gasteiger partial charge in [-0.3, -0.25) is 14.2 Å². The van der Waals surface area contributed by atoms with Crippen molar-refractivity contribution in [3.05, 3.63) is 64.6 Å². The Morgan fingerprint density at radius 1 is 1.13 bits per heavy atom. The number of nitrogens with one attached hydrogen (secondary N) is 1. The molecule has 206 valence electrons. The van der Waals surface area contributed by atoms with Gasteiger partial charge in [0.15, 0.2) is 0 Å². The summed E-state index contributed by atoms with van der Waals surface area (Å²) in [5.41, 5.74) is -0.491. The minimum Gasteiger partial charge on any atom is -0.488 e. The molecule has 2 aliphatic heterocycles. The SMILES string of the molecule is C[C@@H]1Cc2c([nH]c3ccc(F)cc23)[C@@H](c2c(F)cc(OC3CN(CCCF)C3)cc2F)N1C[C@](C)(F)CO. The molecule has 2 aliphatic rings. The molecule has 0 aliphatic carbocycles. The lowest BCUT2D eigenvalue weighted by Crippen LogP contribution is -2.53. The number of halogens is 5. The zero-order valence-electron chi connectivity index (χ0n) is 21.4. The van der Waals surface area contributed by atoms with E-state index in [0.29, 0.717) is 49.1 Å². The van der Waals surface area contributed by atoms with Gasteiger partial charge in [-0.2, -0.15) is 0 Å². The summed E-state index contributed by atoms with van der Waals surface area (Å²) in [4.78, 5) is 6.84. The molecule has 1 fully saturated rings. The zero-order valence-corrected chi connectivity index (χ0v) is 21.4. The van der Waals surface area contributed by atoms with E-state index >= 15 is 13.2 Å². The number of rotatable bonds is 9. The summed E-state index contributed by atoms with van der Waals surface area (Å²) in [6.07, 6.45) is 0.580. The van der Waals surface area contributed by atoms with Crippen molar-refractivity contribution in [2.45, 2.75) is 50.5 Å². The van der Waals surface area contributed by atoms with Gasteiger partial charge in [-0.1, -0.05) is 0 Å². The first-order valence-electron chi connectivity index (χ1n) is 12.9. The molecule has 2 aromatic carbocycles. The molecule has 0 bridgehead atoms. The molecule has 0 radical (unpaired) electrons. The summed E-state index contributed by atoms with van der Waals surface area (Å²) in [5.74, 6) is -2.09. The number of likely N-dealkylation sites (tertiary alicyclic amines) is 1. The van der Waals surface area contributed by atoms with E-state index in [1.165, 1.54) is 19.1 Å². The number of H-pyrrole nitrogens is 1. The van der Waals surface area contributed by atoms with Crippen molar-refractivity contribution >= 4 is 10.9 Å². The van der Waals surface area contributed by atoms with Crippen molar-refractivity contribution in [1.82, 2.24) is 14.8 Å². The first kappa shape index (κ1) is 26.9. The van der Waals surface area contributed by atoms with Crippen molar-refractivity contribution in [1.29, 1.82) is 0 Å². The molecule has 5 rings (SSSR count). The maximum absolute atomic E-state index is 15.7. The molecule has 2 N–H and O–H groups in total. The van der Waals surface area contributed by atoms with Crippen molar-refractivity contribution in [3.63, 3.8) is 0 Å². The molecule has 0 saturated carbocycles. The van der Waals surface area contributed by atoms with Crippen LogP contribution < -0.4 is 4.74 Å². The number of aromatic amines is 1. The maximum atomic E-state index is 15.7. The van der Waals surface area contributed by atoms with E-state index in [-0.39, 0.29) is 30.0 Å². The number of nitrogens with zero attached hydrogens (tertiary/aromatic N) is 2. The van der Waals surface area contributed by atoms with Crippen LogP contribution in [0.2, 0.25) is 0 Å². The number of hydrogen-bond acceptors (Lipinski definition) is 4. The monoisotopic (exact) mass is 537 g/mol. The van der Waals surface area contributed by atoms with Crippen molar-refractivity contribution in [2.24, 2.45) is 0 Å². The molecule has 0 spiro atoms. The third kappa shape index (κ3) is 5.13. The van der Waals surface area contributed by atoms with Gasteiger partial charge in [0.05, 0.1) is 19.3 Å². The maximum Gasteiger partial charge on any atom is 0.143 e. The van der Waals surface area contributed by atoms with Gasteiger partial charge >= 0.3 is 0 Å². The lowest BCUT2D eigenvalue weighted by Gasteiger charge is -2.43. The summed E-state index contributed by atoms with van der Waals surface area (Å²) >= 11 is 0. The largest absolute Gasteiger partial charge is 0.488 e. The highest BCUT2D eigenvalue weighted by Crippen LogP contribution is 2.44. The fourth-order valence-electron chi connectivity index (χ4n) is 5.66. The van der Waals surface area contributed by atoms with Crippen LogP contribution in [0.1, 0.15) is 43.1 Å². The summed E-state index contributed by atoms with van der Waals surface area (Å²) < 4.78 is 78.8. The van der Waals surface area contributed by atoms with Crippen LogP contribution in [0.25, 0.3) is 10.9 Å². The third-order valence-corrected chi connectivity index (χ3v) is 7.57. The number of aromatic nitrogens is 1. The fourth-order valence-corrected chi connectivity index (χ4v) is 5.66. The molecule has 3 aromatic rings. The number of aliphatic hydroxyl groups excluding tert-OH is 1. The Kier molecular flexibility index (Phi) is 7.41. The number of hydrogen-bond donors (Lipinski definition) is 2. The summed E-state index contributed by atoms with van der Waals surface area (Å²) in [6, 6.07) is 5.11. The van der Waals surface area contributed by atoms with Crippen LogP contribution in [0.3, 0.4) is 0 Å². The molecule has 5 nitrogen and oxygen atoms in total. The van der Waals surface area contributed by atoms with Gasteiger partial charge in [0, 0.05) is 66.5 Å². The number of benzene rings is 2. The third-order valence-electron chi connectivity index (χ3n) is 7.57. The van der Waals surface area contributed by atoms with E-state index < -0.39 is 42.4 Å². The predicted molar refractivity (Wildman–Crippen MR) is 134 cm³/mol. The molecule has 3 heterocycles. The van der Waals surface area contributed by atoms with E-state index in [0.717, 1.165) is 17.7 Å². The minimum absolute atomic E-state index is 0.0407. The van der Waals surface area contributed by atoms with E-state index in [4.69, 9.17) is 4.74 Å². The number of aliphatic hydroxyl groups is 1. The lowest BCUT2D eigenvalue weighted by molar-refractivity contribution is 0.0151. The molecule has 1 aromatic heterocycles. The van der Waals surface area contributed by atoms with Gasteiger partial charge in [-0.25, -0.2) is 17.6 Å². The Labute approximate surface area is 218 Å². The number of ether oxygens (including phenoxy) is 1. The Balaban J connectivity index is 1.52. The quantitative estimate of drug-likeness (QED) is 0.375. The van der Waals surface area contributed by atoms with E-state index in [2.05, 4.69) is 4.98 Å². The fraction of sp³-hybridized carbons (Fsp3) is 0.500. The van der Waals surface area contributed by atoms with Gasteiger partial charge < -0.3 is 14.8 Å². The number of alkyl halides is 2. The Hall–Kier alpha value is -2.69. The first-order chi connectivity index (χ1) is 18.1. The molecule has 0 amide bonds. The smallest absolute Gasteiger partial charge is 0.143 e. The number of fused-ring (bicyclic) bond motifs is 3. The second kappa shape index (κ2) is 10.5. The van der Waals surface area contributed by atoms with Gasteiger partial charge in [-0.05, 0) is 50.5 Å². The highest BCUT2D eigenvalue weighted by molar-refractivity contribution is 5.85. The highest BCUT2D eigenvalue weighted by atomic mass is 19.2. The minimum atomic E-state index is -2.02. The van der Waals surface area contributed by atoms with E-state index in [1.54, 1.807) is 11.0 Å². The van der Waals surface area contributed by atoms with Crippen LogP contribution in [-0.4, -0.2) is 77.2 Å². The Bertz CT molecular complexity index is 1280. The standard InChI is InChI=1S/C28H32F5N3O2/c1-16-8-21-20-9-17(30)4-5-24(20)34-26(21)27(36(16)14-28(2,33)15-37)25-22(31)10-18(11-23(25)32)38-19-12-35(13-19)7-3-6-29/h4-5,9-11,16,19,27,34,37H,3,6-8,12-15H2,1-2H3/t16-,27-,28+/m1/s1. The molecule has 38 heavy (non-hydrogen) atoms. The summed E-state index contributed by atoms with van der Waals surface area (Å²) in [7, 11) is 0.